The fourth-order valence-corrected chi connectivity index (χ4v) is 5.23. The fraction of sp³-hybridized carbons (Fsp3) is 0.731. The fourth-order valence-electron chi connectivity index (χ4n) is 5.23. The van der Waals surface area contributed by atoms with E-state index in [2.05, 4.69) is 5.32 Å². The maximum absolute atomic E-state index is 12.8. The van der Waals surface area contributed by atoms with E-state index in [1.807, 2.05) is 0 Å². The van der Waals surface area contributed by atoms with Crippen LogP contribution in [-0.2, 0) is 23.7 Å². The van der Waals surface area contributed by atoms with E-state index in [4.69, 9.17) is 28.4 Å². The second-order valence-electron chi connectivity index (χ2n) is 10.5. The van der Waals surface area contributed by atoms with Gasteiger partial charge in [0.1, 0.15) is 79.0 Å². The molecule has 250 valence electrons. The first-order chi connectivity index (χ1) is 21.0. The third-order valence-corrected chi connectivity index (χ3v) is 7.74. The summed E-state index contributed by atoms with van der Waals surface area (Å²) >= 11 is 0. The largest absolute Gasteiger partial charge is 0.496 e. The highest BCUT2D eigenvalue weighted by molar-refractivity contribution is 5.97. The zero-order valence-electron chi connectivity index (χ0n) is 23.4. The third-order valence-electron chi connectivity index (χ3n) is 7.74. The number of nitrogens with one attached hydrogen (secondary N) is 1. The molecule has 3 heterocycles. The van der Waals surface area contributed by atoms with Gasteiger partial charge in [0.25, 0.3) is 5.91 Å². The number of aliphatic hydroxyl groups excluding tert-OH is 10. The van der Waals surface area contributed by atoms with Crippen LogP contribution in [0.2, 0.25) is 0 Å². The van der Waals surface area contributed by atoms with Gasteiger partial charge in [0.15, 0.2) is 18.8 Å². The summed E-state index contributed by atoms with van der Waals surface area (Å²) in [5.41, 5.74) is 0.0944. The minimum Gasteiger partial charge on any atom is -0.496 e. The van der Waals surface area contributed by atoms with Gasteiger partial charge in [-0.1, -0.05) is 12.1 Å². The SMILES string of the molecule is COc1ccccc1C(=O)N[C@@H]1O[C@H](CO)[C@@H](O[C@@H]2O[C@H](CO)[C@H](O)[C@H](O[C@H]3O[C@H](CO)[C@H](O)[C@H](O)[C@H]3O)[C@H]2O)[C@H](O)[C@H]1O. The molecule has 0 spiro atoms. The molecule has 0 aliphatic carbocycles. The first-order valence-corrected chi connectivity index (χ1v) is 13.8. The van der Waals surface area contributed by atoms with Gasteiger partial charge in [0.05, 0.1) is 32.5 Å². The van der Waals surface area contributed by atoms with Crippen LogP contribution >= 0.6 is 0 Å². The molecule has 18 heteroatoms. The standard InChI is InChI=1S/C26H39NO17/c1-39-10-5-3-2-4-9(10)23(38)27-24-18(35)17(34)21(13(8-30)40-24)43-26-20(37)22(15(32)12(7-29)42-26)44-25-19(36)16(33)14(31)11(6-28)41-25/h2-5,11-22,24-26,28-37H,6-8H2,1H3,(H,27,38)/t11-,12-,13-,14+,15+,16+,17-,18-,19-,20-,21-,22+,24-,25-,26+/m1/s1. The van der Waals surface area contributed by atoms with Gasteiger partial charge in [0.2, 0.25) is 0 Å². The number of amides is 1. The summed E-state index contributed by atoms with van der Waals surface area (Å²) in [7, 11) is 1.35. The second-order valence-corrected chi connectivity index (χ2v) is 10.5. The summed E-state index contributed by atoms with van der Waals surface area (Å²) in [5.74, 6) is -0.505. The number of aliphatic hydroxyl groups is 10. The van der Waals surface area contributed by atoms with Crippen molar-refractivity contribution in [1.82, 2.24) is 5.32 Å². The van der Waals surface area contributed by atoms with Gasteiger partial charge >= 0.3 is 0 Å². The number of ether oxygens (including phenoxy) is 6. The predicted octanol–water partition coefficient (Wildman–Crippen LogP) is -6.13. The molecule has 15 atom stereocenters. The molecule has 3 fully saturated rings. The molecule has 0 saturated carbocycles. The van der Waals surface area contributed by atoms with E-state index in [1.165, 1.54) is 19.2 Å². The topological polar surface area (TPSA) is 287 Å². The number of benzene rings is 1. The summed E-state index contributed by atoms with van der Waals surface area (Å²) in [5, 5.41) is 105. The van der Waals surface area contributed by atoms with Gasteiger partial charge in [-0.15, -0.1) is 0 Å². The number of hydrogen-bond donors (Lipinski definition) is 11. The minimum atomic E-state index is -1.95. The molecule has 1 amide bonds. The van der Waals surface area contributed by atoms with Crippen LogP contribution in [0.15, 0.2) is 24.3 Å². The molecular weight excluding hydrogens is 598 g/mol. The zero-order valence-corrected chi connectivity index (χ0v) is 23.4. The molecule has 3 aliphatic heterocycles. The van der Waals surface area contributed by atoms with Crippen molar-refractivity contribution in [2.45, 2.75) is 92.1 Å². The first-order valence-electron chi connectivity index (χ1n) is 13.8. The highest BCUT2D eigenvalue weighted by Crippen LogP contribution is 2.32. The van der Waals surface area contributed by atoms with Crippen LogP contribution in [-0.4, -0.2) is 176 Å². The number of para-hydroxylation sites is 1. The molecule has 1 aromatic carbocycles. The lowest BCUT2D eigenvalue weighted by Crippen LogP contribution is -2.67. The van der Waals surface area contributed by atoms with E-state index in [0.29, 0.717) is 0 Å². The van der Waals surface area contributed by atoms with Crippen molar-refractivity contribution in [2.24, 2.45) is 0 Å². The van der Waals surface area contributed by atoms with Crippen molar-refractivity contribution in [2.75, 3.05) is 26.9 Å². The molecular formula is C26H39NO17. The van der Waals surface area contributed by atoms with Gasteiger partial charge in [0, 0.05) is 0 Å². The van der Waals surface area contributed by atoms with Crippen LogP contribution in [0.5, 0.6) is 5.75 Å². The number of methoxy groups -OCH3 is 1. The van der Waals surface area contributed by atoms with Crippen molar-refractivity contribution in [3.63, 3.8) is 0 Å². The van der Waals surface area contributed by atoms with Crippen LogP contribution in [0.4, 0.5) is 0 Å². The van der Waals surface area contributed by atoms with Crippen molar-refractivity contribution in [1.29, 1.82) is 0 Å². The van der Waals surface area contributed by atoms with Crippen molar-refractivity contribution < 1.29 is 84.3 Å². The van der Waals surface area contributed by atoms with Gasteiger partial charge < -0.3 is 84.8 Å². The van der Waals surface area contributed by atoms with Crippen LogP contribution in [0.1, 0.15) is 10.4 Å². The van der Waals surface area contributed by atoms with E-state index >= 15 is 0 Å². The molecule has 4 rings (SSSR count). The van der Waals surface area contributed by atoms with E-state index in [0.717, 1.165) is 0 Å². The molecule has 3 aliphatic rings. The van der Waals surface area contributed by atoms with Crippen molar-refractivity contribution in [3.05, 3.63) is 29.8 Å². The summed E-state index contributed by atoms with van der Waals surface area (Å²) in [6.07, 6.45) is -25.6. The molecule has 11 N–H and O–H groups in total. The lowest BCUT2D eigenvalue weighted by atomic mass is 9.95. The average Bonchev–Trinajstić information content (AvgIpc) is 3.03. The Morgan fingerprint density at radius 2 is 1.25 bits per heavy atom. The Balaban J connectivity index is 1.48. The van der Waals surface area contributed by atoms with Gasteiger partial charge in [-0.05, 0) is 12.1 Å². The Hall–Kier alpha value is -2.11. The van der Waals surface area contributed by atoms with Gasteiger partial charge in [-0.3, -0.25) is 4.79 Å². The molecule has 44 heavy (non-hydrogen) atoms. The zero-order chi connectivity index (χ0) is 32.3. The predicted molar refractivity (Wildman–Crippen MR) is 139 cm³/mol. The number of hydrogen-bond acceptors (Lipinski definition) is 17. The quantitative estimate of drug-likeness (QED) is 0.114. The van der Waals surface area contributed by atoms with Gasteiger partial charge in [-0.2, -0.15) is 0 Å². The van der Waals surface area contributed by atoms with Crippen LogP contribution in [0.3, 0.4) is 0 Å². The Morgan fingerprint density at radius 3 is 1.86 bits per heavy atom. The Labute approximate surface area is 250 Å². The summed E-state index contributed by atoms with van der Waals surface area (Å²) in [4.78, 5) is 12.8. The molecule has 0 unspecified atom stereocenters. The van der Waals surface area contributed by atoms with Crippen LogP contribution < -0.4 is 10.1 Å². The van der Waals surface area contributed by atoms with E-state index in [-0.39, 0.29) is 11.3 Å². The van der Waals surface area contributed by atoms with E-state index < -0.39 is 118 Å². The van der Waals surface area contributed by atoms with Gasteiger partial charge in [-0.25, -0.2) is 0 Å². The maximum atomic E-state index is 12.8. The highest BCUT2D eigenvalue weighted by Gasteiger charge is 2.53. The molecule has 0 bridgehead atoms. The van der Waals surface area contributed by atoms with Crippen LogP contribution in [0.25, 0.3) is 0 Å². The number of rotatable bonds is 10. The highest BCUT2D eigenvalue weighted by atomic mass is 16.7. The molecule has 0 aromatic heterocycles. The monoisotopic (exact) mass is 637 g/mol. The summed E-state index contributed by atoms with van der Waals surface area (Å²) < 4.78 is 32.7. The average molecular weight is 638 g/mol. The van der Waals surface area contributed by atoms with Crippen LogP contribution in [0, 0.1) is 0 Å². The maximum Gasteiger partial charge on any atom is 0.257 e. The Morgan fingerprint density at radius 1 is 0.682 bits per heavy atom. The van der Waals surface area contributed by atoms with E-state index in [1.54, 1.807) is 12.1 Å². The summed E-state index contributed by atoms with van der Waals surface area (Å²) in [6, 6.07) is 6.19. The minimum absolute atomic E-state index is 0.0944. The molecule has 0 radical (unpaired) electrons. The van der Waals surface area contributed by atoms with E-state index in [9.17, 15) is 55.9 Å². The first kappa shape index (κ1) is 34.8. The van der Waals surface area contributed by atoms with Crippen molar-refractivity contribution >= 4 is 5.91 Å². The normalized spacial score (nSPS) is 42.9. The molecule has 3 saturated heterocycles. The lowest BCUT2D eigenvalue weighted by Gasteiger charge is -2.48. The Bertz CT molecular complexity index is 1080. The Kier molecular flexibility index (Phi) is 11.8. The number of carbonyl (C=O) groups is 1. The van der Waals surface area contributed by atoms with Crippen molar-refractivity contribution in [3.8, 4) is 5.75 Å². The molecule has 1 aromatic rings. The third kappa shape index (κ3) is 6.99. The smallest absolute Gasteiger partial charge is 0.257 e. The second kappa shape index (κ2) is 15.0. The number of carbonyl (C=O) groups excluding carboxylic acids is 1. The summed E-state index contributed by atoms with van der Waals surface area (Å²) in [6.45, 7) is -2.43. The lowest BCUT2D eigenvalue weighted by molar-refractivity contribution is -0.374. The molecule has 18 nitrogen and oxygen atoms in total.